The summed E-state index contributed by atoms with van der Waals surface area (Å²) in [7, 11) is 0. The van der Waals surface area contributed by atoms with Gasteiger partial charge in [-0.1, -0.05) is 34.1 Å². The first-order chi connectivity index (χ1) is 5.62. The first-order valence-electron chi connectivity index (χ1n) is 4.83. The summed E-state index contributed by atoms with van der Waals surface area (Å²) >= 11 is 0. The molecular formula is C10H23NO. The Labute approximate surface area is 77.0 Å². The molecule has 0 heterocycles. The Hall–Kier alpha value is -0.370. The SMILES string of the molecule is CCC.CCN(CC)CC(C)=O. The van der Waals surface area contributed by atoms with Crippen LogP contribution in [0.1, 0.15) is 41.0 Å². The molecule has 0 N–H and O–H groups in total. The van der Waals surface area contributed by atoms with Crippen molar-refractivity contribution >= 4 is 5.78 Å². The van der Waals surface area contributed by atoms with Crippen LogP contribution < -0.4 is 0 Å². The van der Waals surface area contributed by atoms with Gasteiger partial charge in [0, 0.05) is 0 Å². The molecule has 0 spiro atoms. The fourth-order valence-electron chi connectivity index (χ4n) is 0.762. The van der Waals surface area contributed by atoms with Crippen molar-refractivity contribution in [3.05, 3.63) is 0 Å². The molecule has 0 unspecified atom stereocenters. The quantitative estimate of drug-likeness (QED) is 0.650. The monoisotopic (exact) mass is 173 g/mol. The standard InChI is InChI=1S/C7H15NO.C3H8/c1-4-8(5-2)6-7(3)9;1-3-2/h4-6H2,1-3H3;3H2,1-2H3. The Kier molecular flexibility index (Phi) is 12.6. The molecular weight excluding hydrogens is 150 g/mol. The van der Waals surface area contributed by atoms with Crippen molar-refractivity contribution in [1.82, 2.24) is 4.90 Å². The van der Waals surface area contributed by atoms with Crippen LogP contribution in [-0.4, -0.2) is 30.3 Å². The maximum Gasteiger partial charge on any atom is 0.143 e. The van der Waals surface area contributed by atoms with E-state index in [0.717, 1.165) is 13.1 Å². The Morgan fingerprint density at radius 3 is 1.50 bits per heavy atom. The molecule has 0 aliphatic carbocycles. The van der Waals surface area contributed by atoms with E-state index in [1.54, 1.807) is 6.92 Å². The molecule has 0 fully saturated rings. The second kappa shape index (κ2) is 10.6. The zero-order valence-corrected chi connectivity index (χ0v) is 9.18. The largest absolute Gasteiger partial charge is 0.299 e. The lowest BCUT2D eigenvalue weighted by molar-refractivity contribution is -0.118. The highest BCUT2D eigenvalue weighted by Gasteiger charge is 1.99. The van der Waals surface area contributed by atoms with Crippen LogP contribution in [0.4, 0.5) is 0 Å². The molecule has 0 aromatic rings. The number of Topliss-reactive ketones (excluding diaryl/α,β-unsaturated/α-hetero) is 1. The molecule has 0 aliphatic heterocycles. The predicted molar refractivity (Wildman–Crippen MR) is 54.4 cm³/mol. The summed E-state index contributed by atoms with van der Waals surface area (Å²) in [6.07, 6.45) is 1.25. The molecule has 2 nitrogen and oxygen atoms in total. The molecule has 0 saturated carbocycles. The average Bonchev–Trinajstić information content (AvgIpc) is 2.01. The van der Waals surface area contributed by atoms with Crippen molar-refractivity contribution in [3.8, 4) is 0 Å². The van der Waals surface area contributed by atoms with Gasteiger partial charge in [0.1, 0.15) is 5.78 Å². The summed E-state index contributed by atoms with van der Waals surface area (Å²) in [5.41, 5.74) is 0. The van der Waals surface area contributed by atoms with Crippen molar-refractivity contribution < 1.29 is 4.79 Å². The van der Waals surface area contributed by atoms with Crippen LogP contribution in [0.15, 0.2) is 0 Å². The molecule has 0 rings (SSSR count). The van der Waals surface area contributed by atoms with Crippen LogP contribution in [0.2, 0.25) is 0 Å². The zero-order valence-electron chi connectivity index (χ0n) is 9.18. The van der Waals surface area contributed by atoms with Crippen LogP contribution in [0.25, 0.3) is 0 Å². The highest BCUT2D eigenvalue weighted by Crippen LogP contribution is 1.85. The predicted octanol–water partition coefficient (Wildman–Crippen LogP) is 2.33. The number of hydrogen-bond donors (Lipinski definition) is 0. The molecule has 74 valence electrons. The minimum Gasteiger partial charge on any atom is -0.299 e. The van der Waals surface area contributed by atoms with Crippen LogP contribution in [0, 0.1) is 0 Å². The number of hydrogen-bond acceptors (Lipinski definition) is 2. The second-order valence-corrected chi connectivity index (χ2v) is 2.87. The van der Waals surface area contributed by atoms with Gasteiger partial charge in [-0.15, -0.1) is 0 Å². The number of carbonyl (C=O) groups excluding carboxylic acids is 1. The summed E-state index contributed by atoms with van der Waals surface area (Å²) in [5.74, 6) is 0.249. The number of nitrogens with zero attached hydrogens (tertiary/aromatic N) is 1. The average molecular weight is 173 g/mol. The van der Waals surface area contributed by atoms with Crippen LogP contribution in [0.3, 0.4) is 0 Å². The minimum absolute atomic E-state index is 0.249. The van der Waals surface area contributed by atoms with E-state index in [9.17, 15) is 4.79 Å². The van der Waals surface area contributed by atoms with E-state index >= 15 is 0 Å². The third kappa shape index (κ3) is 12.3. The molecule has 0 aliphatic rings. The van der Waals surface area contributed by atoms with E-state index in [1.165, 1.54) is 6.42 Å². The Morgan fingerprint density at radius 1 is 1.08 bits per heavy atom. The van der Waals surface area contributed by atoms with Crippen LogP contribution >= 0.6 is 0 Å². The van der Waals surface area contributed by atoms with Crippen LogP contribution in [-0.2, 0) is 4.79 Å². The van der Waals surface area contributed by atoms with Gasteiger partial charge >= 0.3 is 0 Å². The van der Waals surface area contributed by atoms with E-state index in [0.29, 0.717) is 6.54 Å². The van der Waals surface area contributed by atoms with Gasteiger partial charge in [-0.2, -0.15) is 0 Å². The fraction of sp³-hybridized carbons (Fsp3) is 0.900. The summed E-state index contributed by atoms with van der Waals surface area (Å²) in [4.78, 5) is 12.6. The molecule has 0 amide bonds. The third-order valence-corrected chi connectivity index (χ3v) is 1.34. The van der Waals surface area contributed by atoms with Gasteiger partial charge in [-0.05, 0) is 20.0 Å². The molecule has 12 heavy (non-hydrogen) atoms. The van der Waals surface area contributed by atoms with Crippen molar-refractivity contribution in [1.29, 1.82) is 0 Å². The van der Waals surface area contributed by atoms with Gasteiger partial charge in [-0.3, -0.25) is 9.69 Å². The van der Waals surface area contributed by atoms with E-state index in [-0.39, 0.29) is 5.78 Å². The topological polar surface area (TPSA) is 20.3 Å². The second-order valence-electron chi connectivity index (χ2n) is 2.87. The van der Waals surface area contributed by atoms with E-state index < -0.39 is 0 Å². The van der Waals surface area contributed by atoms with Gasteiger partial charge in [0.15, 0.2) is 0 Å². The summed E-state index contributed by atoms with van der Waals surface area (Å²) in [5, 5.41) is 0. The van der Waals surface area contributed by atoms with Crippen LogP contribution in [0.5, 0.6) is 0 Å². The molecule has 0 radical (unpaired) electrons. The summed E-state index contributed by atoms with van der Waals surface area (Å²) in [6, 6.07) is 0. The van der Waals surface area contributed by atoms with Crippen molar-refractivity contribution in [2.24, 2.45) is 0 Å². The maximum atomic E-state index is 10.5. The zero-order chi connectivity index (χ0) is 9.98. The van der Waals surface area contributed by atoms with Gasteiger partial charge < -0.3 is 0 Å². The van der Waals surface area contributed by atoms with Gasteiger partial charge in [0.25, 0.3) is 0 Å². The van der Waals surface area contributed by atoms with E-state index in [2.05, 4.69) is 32.6 Å². The first-order valence-corrected chi connectivity index (χ1v) is 4.83. The highest BCUT2D eigenvalue weighted by molar-refractivity contribution is 5.77. The number of rotatable bonds is 4. The van der Waals surface area contributed by atoms with E-state index in [1.807, 2.05) is 0 Å². The van der Waals surface area contributed by atoms with Gasteiger partial charge in [0.2, 0.25) is 0 Å². The highest BCUT2D eigenvalue weighted by atomic mass is 16.1. The lowest BCUT2D eigenvalue weighted by atomic mass is 10.4. The number of ketones is 1. The molecule has 0 saturated heterocycles. The number of carbonyl (C=O) groups is 1. The molecule has 2 heteroatoms. The molecule has 0 aromatic carbocycles. The normalized spacial score (nSPS) is 9.17. The van der Waals surface area contributed by atoms with E-state index in [4.69, 9.17) is 0 Å². The molecule has 0 atom stereocenters. The van der Waals surface area contributed by atoms with Crippen molar-refractivity contribution in [3.63, 3.8) is 0 Å². The Morgan fingerprint density at radius 2 is 1.42 bits per heavy atom. The maximum absolute atomic E-state index is 10.5. The number of likely N-dealkylation sites (N-methyl/N-ethyl adjacent to an activating group) is 1. The Balaban J connectivity index is 0. The summed E-state index contributed by atoms with van der Waals surface area (Å²) < 4.78 is 0. The Bertz CT molecular complexity index is 98.0. The van der Waals surface area contributed by atoms with Crippen molar-refractivity contribution in [2.45, 2.75) is 41.0 Å². The van der Waals surface area contributed by atoms with Gasteiger partial charge in [0.05, 0.1) is 6.54 Å². The lowest BCUT2D eigenvalue weighted by Crippen LogP contribution is -2.27. The summed E-state index contributed by atoms with van der Waals surface area (Å²) in [6.45, 7) is 12.5. The minimum atomic E-state index is 0.249. The lowest BCUT2D eigenvalue weighted by Gasteiger charge is -2.14. The molecule has 0 aromatic heterocycles. The third-order valence-electron chi connectivity index (χ3n) is 1.34. The smallest absolute Gasteiger partial charge is 0.143 e. The van der Waals surface area contributed by atoms with Crippen molar-refractivity contribution in [2.75, 3.05) is 19.6 Å². The first kappa shape index (κ1) is 14.2. The van der Waals surface area contributed by atoms with Gasteiger partial charge in [-0.25, -0.2) is 0 Å². The fourth-order valence-corrected chi connectivity index (χ4v) is 0.762. The molecule has 0 bridgehead atoms.